The van der Waals surface area contributed by atoms with Gasteiger partial charge in [0.05, 0.1) is 18.3 Å². The summed E-state index contributed by atoms with van der Waals surface area (Å²) in [5.41, 5.74) is -1.92. The number of rotatable bonds is 5. The molecule has 6 rings (SSSR count). The van der Waals surface area contributed by atoms with Crippen LogP contribution in [-0.2, 0) is 14.3 Å². The highest BCUT2D eigenvalue weighted by Gasteiger charge is 2.70. The Labute approximate surface area is 256 Å². The lowest BCUT2D eigenvalue weighted by Crippen LogP contribution is -2.70. The van der Waals surface area contributed by atoms with Crippen molar-refractivity contribution in [1.29, 1.82) is 0 Å². The van der Waals surface area contributed by atoms with Crippen molar-refractivity contribution >= 4 is 11.9 Å². The third-order valence-electron chi connectivity index (χ3n) is 10.9. The average Bonchev–Trinajstić information content (AvgIpc) is 2.99. The summed E-state index contributed by atoms with van der Waals surface area (Å²) >= 11 is 0. The topological polar surface area (TPSA) is 125 Å². The van der Waals surface area contributed by atoms with E-state index in [1.807, 2.05) is 13.0 Å². The number of aliphatic hydroxyl groups excluding tert-OH is 1. The largest absolute Gasteiger partial charge is 0.482 e. The molecule has 2 aliphatic carbocycles. The molecular formula is C35H39NO8. The van der Waals surface area contributed by atoms with Crippen molar-refractivity contribution in [2.24, 2.45) is 28.6 Å². The van der Waals surface area contributed by atoms with Gasteiger partial charge in [0.25, 0.3) is 0 Å². The van der Waals surface area contributed by atoms with Crippen molar-refractivity contribution in [3.8, 4) is 17.1 Å². The molecule has 1 aliphatic heterocycles. The number of fused-ring (bicyclic) bond motifs is 4. The molecule has 1 aromatic carbocycles. The van der Waals surface area contributed by atoms with Crippen LogP contribution in [-0.4, -0.2) is 40.3 Å². The van der Waals surface area contributed by atoms with Gasteiger partial charge < -0.3 is 23.7 Å². The molecule has 0 amide bonds. The van der Waals surface area contributed by atoms with Crippen LogP contribution < -0.4 is 10.4 Å². The van der Waals surface area contributed by atoms with Gasteiger partial charge in [-0.05, 0) is 67.7 Å². The number of aliphatic hydroxyl groups is 1. The molecule has 4 unspecified atom stereocenters. The molecule has 3 heterocycles. The monoisotopic (exact) mass is 601 g/mol. The third kappa shape index (κ3) is 4.72. The van der Waals surface area contributed by atoms with Crippen LogP contribution in [0.1, 0.15) is 75.9 Å². The summed E-state index contributed by atoms with van der Waals surface area (Å²) in [4.78, 5) is 43.2. The van der Waals surface area contributed by atoms with Crippen molar-refractivity contribution in [3.05, 3.63) is 82.5 Å². The first-order valence-corrected chi connectivity index (χ1v) is 15.2. The molecule has 9 nitrogen and oxygen atoms in total. The molecule has 2 saturated carbocycles. The Morgan fingerprint density at radius 2 is 1.86 bits per heavy atom. The van der Waals surface area contributed by atoms with Gasteiger partial charge in [-0.3, -0.25) is 9.78 Å². The molecule has 44 heavy (non-hydrogen) atoms. The number of carbonyl (C=O) groups is 2. The van der Waals surface area contributed by atoms with E-state index in [-0.39, 0.29) is 41.5 Å². The van der Waals surface area contributed by atoms with Gasteiger partial charge in [0.15, 0.2) is 0 Å². The van der Waals surface area contributed by atoms with E-state index in [2.05, 4.69) is 25.8 Å². The maximum absolute atomic E-state index is 13.5. The number of aromatic nitrogens is 1. The lowest BCUT2D eigenvalue weighted by Gasteiger charge is -2.66. The van der Waals surface area contributed by atoms with Crippen LogP contribution in [0.5, 0.6) is 5.75 Å². The number of esters is 2. The lowest BCUT2D eigenvalue weighted by atomic mass is 9.41. The predicted octanol–water partition coefficient (Wildman–Crippen LogP) is 5.75. The van der Waals surface area contributed by atoms with E-state index >= 15 is 0 Å². The van der Waals surface area contributed by atoms with Crippen LogP contribution in [0.25, 0.3) is 11.3 Å². The third-order valence-corrected chi connectivity index (χ3v) is 10.9. The van der Waals surface area contributed by atoms with E-state index < -0.39 is 46.2 Å². The van der Waals surface area contributed by atoms with Gasteiger partial charge in [-0.15, -0.1) is 0 Å². The van der Waals surface area contributed by atoms with Gasteiger partial charge in [0, 0.05) is 42.3 Å². The van der Waals surface area contributed by atoms with Gasteiger partial charge in [-0.25, -0.2) is 9.59 Å². The van der Waals surface area contributed by atoms with E-state index in [9.17, 15) is 19.5 Å². The Balaban J connectivity index is 1.49. The van der Waals surface area contributed by atoms with Crippen molar-refractivity contribution in [3.63, 3.8) is 0 Å². The maximum atomic E-state index is 13.5. The molecule has 0 saturated heterocycles. The highest BCUT2D eigenvalue weighted by Crippen LogP contribution is 2.68. The molecule has 8 atom stereocenters. The molecule has 1 N–H and O–H groups in total. The van der Waals surface area contributed by atoms with Gasteiger partial charge in [0.1, 0.15) is 28.8 Å². The first-order chi connectivity index (χ1) is 20.9. The zero-order valence-electron chi connectivity index (χ0n) is 25.7. The number of carbonyl (C=O) groups excluding carboxylic acids is 2. The summed E-state index contributed by atoms with van der Waals surface area (Å²) in [5, 5.41) is 12.2. The molecule has 2 fully saturated rings. The van der Waals surface area contributed by atoms with Crippen molar-refractivity contribution in [2.75, 3.05) is 6.61 Å². The quantitative estimate of drug-likeness (QED) is 0.364. The average molecular weight is 602 g/mol. The normalized spacial score (nSPS) is 34.0. The van der Waals surface area contributed by atoms with Gasteiger partial charge in [-0.2, -0.15) is 0 Å². The molecular weight excluding hydrogens is 562 g/mol. The first kappa shape index (κ1) is 30.1. The van der Waals surface area contributed by atoms with Crippen molar-refractivity contribution < 1.29 is 33.3 Å². The summed E-state index contributed by atoms with van der Waals surface area (Å²) in [5.74, 6) is -1.03. The van der Waals surface area contributed by atoms with E-state index in [0.29, 0.717) is 17.5 Å². The number of hydrogen-bond donors (Lipinski definition) is 1. The minimum atomic E-state index is -1.26. The fraction of sp³-hybridized carbons (Fsp3) is 0.486. The van der Waals surface area contributed by atoms with E-state index in [0.717, 1.165) is 12.8 Å². The number of ether oxygens (including phenoxy) is 3. The fourth-order valence-electron chi connectivity index (χ4n) is 8.47. The van der Waals surface area contributed by atoms with Crippen LogP contribution in [0, 0.1) is 28.6 Å². The molecule has 2 aromatic heterocycles. The summed E-state index contributed by atoms with van der Waals surface area (Å²) in [6.07, 6.45) is 3.12. The molecule has 0 radical (unpaired) electrons. The smallest absolute Gasteiger partial charge is 0.345 e. The lowest BCUT2D eigenvalue weighted by molar-refractivity contribution is -0.257. The van der Waals surface area contributed by atoms with Gasteiger partial charge >= 0.3 is 17.6 Å². The number of hydrogen-bond acceptors (Lipinski definition) is 9. The van der Waals surface area contributed by atoms with Crippen molar-refractivity contribution in [2.45, 2.75) is 71.7 Å². The Bertz CT molecular complexity index is 1620. The second kappa shape index (κ2) is 10.9. The minimum absolute atomic E-state index is 0.0513. The van der Waals surface area contributed by atoms with Crippen LogP contribution in [0.3, 0.4) is 0 Å². The van der Waals surface area contributed by atoms with Crippen LogP contribution in [0.15, 0.2) is 70.1 Å². The highest BCUT2D eigenvalue weighted by atomic mass is 16.6. The highest BCUT2D eigenvalue weighted by molar-refractivity contribution is 5.89. The molecule has 3 aromatic rings. The number of pyridine rings is 1. The number of nitrogens with zero attached hydrogens (tertiary/aromatic N) is 1. The Morgan fingerprint density at radius 1 is 1.11 bits per heavy atom. The molecule has 3 aliphatic rings. The minimum Gasteiger partial charge on any atom is -0.482 e. The van der Waals surface area contributed by atoms with Crippen LogP contribution >= 0.6 is 0 Å². The van der Waals surface area contributed by atoms with Gasteiger partial charge in [-0.1, -0.05) is 39.0 Å². The van der Waals surface area contributed by atoms with E-state index in [1.165, 1.54) is 6.92 Å². The van der Waals surface area contributed by atoms with Crippen molar-refractivity contribution in [1.82, 2.24) is 4.98 Å². The molecule has 9 heteroatoms. The summed E-state index contributed by atoms with van der Waals surface area (Å²) in [7, 11) is 0. The zero-order chi connectivity index (χ0) is 31.4. The molecule has 0 spiro atoms. The van der Waals surface area contributed by atoms with E-state index in [1.54, 1.807) is 54.9 Å². The number of benzene rings is 1. The van der Waals surface area contributed by atoms with Gasteiger partial charge in [0.2, 0.25) is 0 Å². The summed E-state index contributed by atoms with van der Waals surface area (Å²) < 4.78 is 24.5. The second-order valence-electron chi connectivity index (χ2n) is 13.4. The Hall–Kier alpha value is -3.98. The fourth-order valence-corrected chi connectivity index (χ4v) is 8.47. The molecule has 232 valence electrons. The Morgan fingerprint density at radius 3 is 2.55 bits per heavy atom. The molecule has 0 bridgehead atoms. The van der Waals surface area contributed by atoms with Crippen LogP contribution in [0.4, 0.5) is 0 Å². The van der Waals surface area contributed by atoms with E-state index in [4.69, 9.17) is 18.6 Å². The van der Waals surface area contributed by atoms with Crippen LogP contribution in [0.2, 0.25) is 0 Å². The summed E-state index contributed by atoms with van der Waals surface area (Å²) in [6.45, 7) is 9.84. The SMILES string of the molecule is CC(=O)OCC1(C)C2C[C@H](OC(=O)c3ccccc3)[C@@]3(C)Oc4cc(-c5cccnc5)oc(=O)c4C(O)C3[C@@]2(C)CC[C@@H]1C. The maximum Gasteiger partial charge on any atom is 0.345 e. The Kier molecular flexibility index (Phi) is 7.43. The first-order valence-electron chi connectivity index (χ1n) is 15.2. The standard InChI is InChI=1S/C35H39NO8/c1-20-13-14-33(3)26(34(20,4)19-41-21(2)37)17-27(43-31(39)22-10-7-6-8-11-22)35(5)30(33)29(38)28-25(44-35)16-24(42-32(28)40)23-12-9-15-36-18-23/h6-12,15-16,18,20,26-27,29-30,38H,13-14,17,19H2,1-5H3/t20-,26?,27-,29?,30?,33-,34?,35+/m0/s1. The zero-order valence-corrected chi connectivity index (χ0v) is 25.7. The summed E-state index contributed by atoms with van der Waals surface area (Å²) in [6, 6.07) is 13.9. The predicted molar refractivity (Wildman–Crippen MR) is 161 cm³/mol. The second-order valence-corrected chi connectivity index (χ2v) is 13.4.